The van der Waals surface area contributed by atoms with Crippen molar-refractivity contribution in [1.29, 1.82) is 0 Å². The van der Waals surface area contributed by atoms with Gasteiger partial charge in [0.05, 0.1) is 0 Å². The Hall–Kier alpha value is -1.92. The molecule has 0 aliphatic carbocycles. The van der Waals surface area contributed by atoms with Gasteiger partial charge in [-0.05, 0) is 55.7 Å². The first kappa shape index (κ1) is 22.3. The van der Waals surface area contributed by atoms with E-state index in [2.05, 4.69) is 39.4 Å². The lowest BCUT2D eigenvalue weighted by molar-refractivity contribution is -0.134. The zero-order valence-electron chi connectivity index (χ0n) is 18.9. The lowest BCUT2D eigenvalue weighted by Crippen LogP contribution is -2.51. The Morgan fingerprint density at radius 3 is 2.71 bits per heavy atom. The van der Waals surface area contributed by atoms with Crippen LogP contribution in [0.3, 0.4) is 0 Å². The quantitative estimate of drug-likeness (QED) is 0.785. The van der Waals surface area contributed by atoms with Crippen LogP contribution < -0.4 is 5.32 Å². The average Bonchev–Trinajstić information content (AvgIpc) is 2.90. The van der Waals surface area contributed by atoms with E-state index in [1.807, 2.05) is 0 Å². The molecule has 1 N–H and O–H groups in total. The number of ether oxygens (including phenoxy) is 1. The van der Waals surface area contributed by atoms with Gasteiger partial charge >= 0.3 is 0 Å². The summed E-state index contributed by atoms with van der Waals surface area (Å²) in [5, 5.41) is 2.77. The molecule has 3 aliphatic heterocycles. The van der Waals surface area contributed by atoms with E-state index < -0.39 is 0 Å². The highest BCUT2D eigenvalue weighted by atomic mass is 16.5. The summed E-state index contributed by atoms with van der Waals surface area (Å²) in [5.41, 5.74) is 2.78. The minimum atomic E-state index is -0.0819. The normalized spacial score (nSPS) is 25.1. The molecule has 0 aromatic heterocycles. The second-order valence-corrected chi connectivity index (χ2v) is 9.82. The Kier molecular flexibility index (Phi) is 7.28. The van der Waals surface area contributed by atoms with E-state index in [1.54, 1.807) is 0 Å². The lowest BCUT2D eigenvalue weighted by atomic mass is 9.74. The van der Waals surface area contributed by atoms with Crippen LogP contribution in [0.15, 0.2) is 24.3 Å². The molecule has 2 amide bonds. The smallest absolute Gasteiger partial charge is 0.224 e. The van der Waals surface area contributed by atoms with Crippen LogP contribution in [0.4, 0.5) is 0 Å². The number of nitrogens with one attached hydrogen (secondary N) is 1. The third kappa shape index (κ3) is 5.86. The van der Waals surface area contributed by atoms with Crippen LogP contribution in [0.2, 0.25) is 0 Å². The summed E-state index contributed by atoms with van der Waals surface area (Å²) < 4.78 is 5.55. The van der Waals surface area contributed by atoms with E-state index in [1.165, 1.54) is 43.7 Å². The van der Waals surface area contributed by atoms with Gasteiger partial charge in [0.2, 0.25) is 11.8 Å². The molecule has 1 aromatic carbocycles. The van der Waals surface area contributed by atoms with Crippen LogP contribution in [0.5, 0.6) is 0 Å². The Morgan fingerprint density at radius 1 is 1.16 bits per heavy atom. The van der Waals surface area contributed by atoms with Crippen molar-refractivity contribution in [3.05, 3.63) is 35.4 Å². The highest BCUT2D eigenvalue weighted by Gasteiger charge is 2.41. The SMILES string of the molecule is CC(=O)NCCC(=O)N1Cc2ccccc2CC2(CCCN(CC3CCOCC3)C2)C1. The van der Waals surface area contributed by atoms with Crippen molar-refractivity contribution in [3.8, 4) is 0 Å². The molecule has 1 atom stereocenters. The molecule has 1 aromatic rings. The molecule has 170 valence electrons. The van der Waals surface area contributed by atoms with E-state index in [9.17, 15) is 9.59 Å². The van der Waals surface area contributed by atoms with Crippen LogP contribution in [0, 0.1) is 11.3 Å². The van der Waals surface area contributed by atoms with Crippen molar-refractivity contribution in [2.24, 2.45) is 11.3 Å². The first-order valence-corrected chi connectivity index (χ1v) is 11.9. The van der Waals surface area contributed by atoms with Crippen LogP contribution in [-0.4, -0.2) is 67.6 Å². The van der Waals surface area contributed by atoms with E-state index >= 15 is 0 Å². The van der Waals surface area contributed by atoms with E-state index in [-0.39, 0.29) is 17.2 Å². The van der Waals surface area contributed by atoms with Gasteiger partial charge in [0.15, 0.2) is 0 Å². The number of fused-ring (bicyclic) bond motifs is 1. The predicted octanol–water partition coefficient (Wildman–Crippen LogP) is 2.61. The Balaban J connectivity index is 1.49. The molecule has 3 heterocycles. The number of amides is 2. The maximum atomic E-state index is 13.1. The predicted molar refractivity (Wildman–Crippen MR) is 121 cm³/mol. The second kappa shape index (κ2) is 10.1. The highest BCUT2D eigenvalue weighted by Crippen LogP contribution is 2.39. The Labute approximate surface area is 186 Å². The van der Waals surface area contributed by atoms with Gasteiger partial charge in [0, 0.05) is 64.7 Å². The summed E-state index contributed by atoms with van der Waals surface area (Å²) in [5.74, 6) is 0.797. The lowest BCUT2D eigenvalue weighted by Gasteiger charge is -2.45. The maximum Gasteiger partial charge on any atom is 0.224 e. The number of carbonyl (C=O) groups is 2. The van der Waals surface area contributed by atoms with Gasteiger partial charge < -0.3 is 19.9 Å². The van der Waals surface area contributed by atoms with Gasteiger partial charge in [-0.1, -0.05) is 24.3 Å². The van der Waals surface area contributed by atoms with Gasteiger partial charge in [-0.25, -0.2) is 0 Å². The molecule has 1 unspecified atom stereocenters. The van der Waals surface area contributed by atoms with Crippen molar-refractivity contribution in [1.82, 2.24) is 15.1 Å². The van der Waals surface area contributed by atoms with Crippen molar-refractivity contribution in [3.63, 3.8) is 0 Å². The van der Waals surface area contributed by atoms with Crippen LogP contribution in [0.25, 0.3) is 0 Å². The number of benzene rings is 1. The largest absolute Gasteiger partial charge is 0.381 e. The monoisotopic (exact) mass is 427 g/mol. The summed E-state index contributed by atoms with van der Waals surface area (Å²) in [6, 6.07) is 8.63. The number of likely N-dealkylation sites (tertiary alicyclic amines) is 1. The van der Waals surface area contributed by atoms with E-state index in [0.29, 0.717) is 19.5 Å². The van der Waals surface area contributed by atoms with Crippen molar-refractivity contribution < 1.29 is 14.3 Å². The van der Waals surface area contributed by atoms with Crippen molar-refractivity contribution in [2.75, 3.05) is 45.9 Å². The average molecular weight is 428 g/mol. The third-order valence-electron chi connectivity index (χ3n) is 7.23. The number of nitrogens with zero attached hydrogens (tertiary/aromatic N) is 2. The third-order valence-corrected chi connectivity index (χ3v) is 7.23. The molecule has 0 radical (unpaired) electrons. The fraction of sp³-hybridized carbons (Fsp3) is 0.680. The molecule has 2 fully saturated rings. The van der Waals surface area contributed by atoms with E-state index in [4.69, 9.17) is 4.74 Å². The van der Waals surface area contributed by atoms with Crippen LogP contribution in [0.1, 0.15) is 50.2 Å². The maximum absolute atomic E-state index is 13.1. The number of hydrogen-bond acceptors (Lipinski definition) is 4. The summed E-state index contributed by atoms with van der Waals surface area (Å²) in [6.07, 6.45) is 6.10. The molecule has 6 heteroatoms. The number of carbonyl (C=O) groups excluding carboxylic acids is 2. The molecule has 6 nitrogen and oxygen atoms in total. The zero-order valence-corrected chi connectivity index (χ0v) is 18.9. The molecule has 0 saturated carbocycles. The van der Waals surface area contributed by atoms with Gasteiger partial charge in [-0.3, -0.25) is 9.59 Å². The summed E-state index contributed by atoms with van der Waals surface area (Å²) in [4.78, 5) is 29.0. The number of piperidine rings is 1. The first-order valence-electron chi connectivity index (χ1n) is 11.9. The summed E-state index contributed by atoms with van der Waals surface area (Å²) in [6.45, 7) is 8.57. The van der Waals surface area contributed by atoms with Gasteiger partial charge in [-0.15, -0.1) is 0 Å². The van der Waals surface area contributed by atoms with Crippen molar-refractivity contribution in [2.45, 2.75) is 52.0 Å². The molecular formula is C25H37N3O3. The molecule has 0 bridgehead atoms. The molecular weight excluding hydrogens is 390 g/mol. The van der Waals surface area contributed by atoms with Gasteiger partial charge in [-0.2, -0.15) is 0 Å². The molecule has 31 heavy (non-hydrogen) atoms. The molecule has 4 rings (SSSR count). The number of rotatable bonds is 5. The fourth-order valence-electron chi connectivity index (χ4n) is 5.72. The Morgan fingerprint density at radius 2 is 1.94 bits per heavy atom. The summed E-state index contributed by atoms with van der Waals surface area (Å²) in [7, 11) is 0. The number of hydrogen-bond donors (Lipinski definition) is 1. The standard InChI is InChI=1S/C25H37N3O3/c1-20(29)26-11-7-24(30)28-17-23-6-3-2-5-22(23)15-25(19-28)10-4-12-27(18-25)16-21-8-13-31-14-9-21/h2-3,5-6,21H,4,7-19H2,1H3,(H,26,29). The van der Waals surface area contributed by atoms with Gasteiger partial charge in [0.1, 0.15) is 0 Å². The molecule has 2 saturated heterocycles. The van der Waals surface area contributed by atoms with Gasteiger partial charge in [0.25, 0.3) is 0 Å². The minimum Gasteiger partial charge on any atom is -0.381 e. The van der Waals surface area contributed by atoms with Crippen LogP contribution in [-0.2, 0) is 27.3 Å². The molecule has 1 spiro atoms. The fourth-order valence-corrected chi connectivity index (χ4v) is 5.72. The minimum absolute atomic E-state index is 0.0819. The van der Waals surface area contributed by atoms with Crippen LogP contribution >= 0.6 is 0 Å². The molecule has 3 aliphatic rings. The van der Waals surface area contributed by atoms with E-state index in [0.717, 1.165) is 51.7 Å². The zero-order chi connectivity index (χ0) is 21.7. The Bertz CT molecular complexity index is 777. The second-order valence-electron chi connectivity index (χ2n) is 9.82. The van der Waals surface area contributed by atoms with Crippen molar-refractivity contribution >= 4 is 11.8 Å². The first-order chi connectivity index (χ1) is 15.0. The summed E-state index contributed by atoms with van der Waals surface area (Å²) >= 11 is 0. The topological polar surface area (TPSA) is 61.9 Å². The highest BCUT2D eigenvalue weighted by molar-refractivity contribution is 5.78.